The maximum atomic E-state index is 5.58. The Morgan fingerprint density at radius 1 is 1.44 bits per heavy atom. The number of rotatable bonds is 6. The molecule has 1 aromatic heterocycles. The molecule has 1 heterocycles. The fourth-order valence-electron chi connectivity index (χ4n) is 2.00. The highest BCUT2D eigenvalue weighted by Crippen LogP contribution is 2.35. The van der Waals surface area contributed by atoms with Crippen LogP contribution in [0.5, 0.6) is 0 Å². The Labute approximate surface area is 116 Å². The lowest BCUT2D eigenvalue weighted by Gasteiger charge is -2.40. The van der Waals surface area contributed by atoms with Crippen molar-refractivity contribution in [2.45, 2.75) is 31.8 Å². The van der Waals surface area contributed by atoms with Gasteiger partial charge in [-0.3, -0.25) is 0 Å². The summed E-state index contributed by atoms with van der Waals surface area (Å²) >= 11 is 3.46. The first kappa shape index (κ1) is 13.5. The normalized spacial score (nSPS) is 17.1. The average molecular weight is 315 g/mol. The number of hydrogen-bond donors (Lipinski definition) is 2. The predicted molar refractivity (Wildman–Crippen MR) is 76.0 cm³/mol. The Morgan fingerprint density at radius 3 is 2.78 bits per heavy atom. The maximum absolute atomic E-state index is 5.58. The van der Waals surface area contributed by atoms with E-state index in [-0.39, 0.29) is 5.60 Å². The standard InChI is InChI=1S/C12H19BrN4O/c1-3-14-11-15-7-9(13)10(17-11)16-8-12(18-2)5-4-6-12/h7H,3-6,8H2,1-2H3,(H2,14,15,16,17). The lowest BCUT2D eigenvalue weighted by molar-refractivity contribution is -0.0601. The van der Waals surface area contributed by atoms with E-state index in [4.69, 9.17) is 4.74 Å². The van der Waals surface area contributed by atoms with E-state index < -0.39 is 0 Å². The fourth-order valence-corrected chi connectivity index (χ4v) is 2.33. The second kappa shape index (κ2) is 5.84. The summed E-state index contributed by atoms with van der Waals surface area (Å²) < 4.78 is 6.45. The molecule has 0 atom stereocenters. The van der Waals surface area contributed by atoms with Crippen LogP contribution in [0.25, 0.3) is 0 Å². The predicted octanol–water partition coefficient (Wildman–Crippen LogP) is 2.65. The van der Waals surface area contributed by atoms with E-state index in [1.165, 1.54) is 6.42 Å². The summed E-state index contributed by atoms with van der Waals surface area (Å²) in [4.78, 5) is 8.61. The molecular weight excluding hydrogens is 296 g/mol. The highest BCUT2D eigenvalue weighted by Gasteiger charge is 2.36. The third-order valence-corrected chi connectivity index (χ3v) is 3.94. The Morgan fingerprint density at radius 2 is 2.22 bits per heavy atom. The summed E-state index contributed by atoms with van der Waals surface area (Å²) in [5.41, 5.74) is -0.0112. The summed E-state index contributed by atoms with van der Waals surface area (Å²) in [7, 11) is 1.78. The molecule has 18 heavy (non-hydrogen) atoms. The molecular formula is C12H19BrN4O. The van der Waals surface area contributed by atoms with Crippen molar-refractivity contribution in [3.63, 3.8) is 0 Å². The van der Waals surface area contributed by atoms with Gasteiger partial charge >= 0.3 is 0 Å². The van der Waals surface area contributed by atoms with Crippen LogP contribution in [0.4, 0.5) is 11.8 Å². The number of nitrogens with zero attached hydrogens (tertiary/aromatic N) is 2. The monoisotopic (exact) mass is 314 g/mol. The van der Waals surface area contributed by atoms with Crippen molar-refractivity contribution in [2.75, 3.05) is 30.8 Å². The smallest absolute Gasteiger partial charge is 0.224 e. The first-order chi connectivity index (χ1) is 8.69. The van der Waals surface area contributed by atoms with E-state index in [2.05, 4.69) is 36.5 Å². The summed E-state index contributed by atoms with van der Waals surface area (Å²) in [6.45, 7) is 3.61. The number of aromatic nitrogens is 2. The van der Waals surface area contributed by atoms with Crippen LogP contribution < -0.4 is 10.6 Å². The van der Waals surface area contributed by atoms with Gasteiger partial charge in [0.05, 0.1) is 10.1 Å². The van der Waals surface area contributed by atoms with Gasteiger partial charge in [-0.25, -0.2) is 4.98 Å². The van der Waals surface area contributed by atoms with E-state index in [0.29, 0.717) is 5.95 Å². The molecule has 0 unspecified atom stereocenters. The number of ether oxygens (including phenoxy) is 1. The van der Waals surface area contributed by atoms with E-state index >= 15 is 0 Å². The molecule has 0 radical (unpaired) electrons. The highest BCUT2D eigenvalue weighted by atomic mass is 79.9. The minimum absolute atomic E-state index is 0.0112. The molecule has 0 amide bonds. The van der Waals surface area contributed by atoms with Gasteiger partial charge in [0.25, 0.3) is 0 Å². The number of nitrogens with one attached hydrogen (secondary N) is 2. The van der Waals surface area contributed by atoms with E-state index in [0.717, 1.165) is 36.2 Å². The van der Waals surface area contributed by atoms with Gasteiger partial charge in [-0.1, -0.05) is 0 Å². The molecule has 1 aliphatic carbocycles. The van der Waals surface area contributed by atoms with Crippen LogP contribution in [0, 0.1) is 0 Å². The molecule has 1 fully saturated rings. The van der Waals surface area contributed by atoms with E-state index in [1.54, 1.807) is 13.3 Å². The molecule has 100 valence electrons. The van der Waals surface area contributed by atoms with E-state index in [9.17, 15) is 0 Å². The lowest BCUT2D eigenvalue weighted by atomic mass is 9.80. The molecule has 1 aromatic rings. The molecule has 2 rings (SSSR count). The van der Waals surface area contributed by atoms with Crippen LogP contribution in [-0.2, 0) is 4.74 Å². The Kier molecular flexibility index (Phi) is 4.40. The molecule has 1 saturated carbocycles. The zero-order valence-corrected chi connectivity index (χ0v) is 12.4. The van der Waals surface area contributed by atoms with Crippen molar-refractivity contribution in [2.24, 2.45) is 0 Å². The second-order valence-electron chi connectivity index (χ2n) is 4.51. The molecule has 5 nitrogen and oxygen atoms in total. The van der Waals surface area contributed by atoms with Crippen molar-refractivity contribution < 1.29 is 4.74 Å². The summed E-state index contributed by atoms with van der Waals surface area (Å²) in [6, 6.07) is 0. The van der Waals surface area contributed by atoms with Crippen LogP contribution in [-0.4, -0.2) is 35.8 Å². The average Bonchev–Trinajstić information content (AvgIpc) is 2.32. The van der Waals surface area contributed by atoms with Gasteiger partial charge in [-0.15, -0.1) is 0 Å². The first-order valence-electron chi connectivity index (χ1n) is 6.24. The van der Waals surface area contributed by atoms with Gasteiger partial charge in [0.1, 0.15) is 5.82 Å². The fraction of sp³-hybridized carbons (Fsp3) is 0.667. The number of anilines is 2. The minimum atomic E-state index is -0.0112. The Bertz CT molecular complexity index is 404. The van der Waals surface area contributed by atoms with Crippen LogP contribution >= 0.6 is 15.9 Å². The maximum Gasteiger partial charge on any atom is 0.224 e. The zero-order valence-electron chi connectivity index (χ0n) is 10.8. The van der Waals surface area contributed by atoms with Crippen molar-refractivity contribution in [1.82, 2.24) is 9.97 Å². The Balaban J connectivity index is 2.01. The van der Waals surface area contributed by atoms with Crippen molar-refractivity contribution >= 4 is 27.7 Å². The zero-order chi connectivity index (χ0) is 13.0. The Hall–Kier alpha value is -0.880. The van der Waals surface area contributed by atoms with Gasteiger partial charge in [0.2, 0.25) is 5.95 Å². The van der Waals surface area contributed by atoms with Gasteiger partial charge in [0, 0.05) is 26.4 Å². The third-order valence-electron chi connectivity index (χ3n) is 3.35. The first-order valence-corrected chi connectivity index (χ1v) is 7.04. The molecule has 0 bridgehead atoms. The topological polar surface area (TPSA) is 59.1 Å². The summed E-state index contributed by atoms with van der Waals surface area (Å²) in [5.74, 6) is 1.45. The van der Waals surface area contributed by atoms with Crippen LogP contribution in [0.1, 0.15) is 26.2 Å². The molecule has 2 N–H and O–H groups in total. The van der Waals surface area contributed by atoms with Crippen molar-refractivity contribution in [3.8, 4) is 0 Å². The lowest BCUT2D eigenvalue weighted by Crippen LogP contribution is -2.45. The number of halogens is 1. The van der Waals surface area contributed by atoms with Gasteiger partial charge in [-0.2, -0.15) is 4.98 Å². The quantitative estimate of drug-likeness (QED) is 0.845. The van der Waals surface area contributed by atoms with Crippen LogP contribution in [0.3, 0.4) is 0 Å². The van der Waals surface area contributed by atoms with Crippen LogP contribution in [0.2, 0.25) is 0 Å². The molecule has 0 aliphatic heterocycles. The summed E-state index contributed by atoms with van der Waals surface area (Å²) in [6.07, 6.45) is 5.22. The largest absolute Gasteiger partial charge is 0.376 e. The summed E-state index contributed by atoms with van der Waals surface area (Å²) in [5, 5.41) is 6.44. The second-order valence-corrected chi connectivity index (χ2v) is 5.37. The molecule has 0 aromatic carbocycles. The minimum Gasteiger partial charge on any atom is -0.376 e. The van der Waals surface area contributed by atoms with Crippen LogP contribution in [0.15, 0.2) is 10.7 Å². The molecule has 1 aliphatic rings. The highest BCUT2D eigenvalue weighted by molar-refractivity contribution is 9.10. The van der Waals surface area contributed by atoms with E-state index in [1.807, 2.05) is 6.92 Å². The molecule has 0 spiro atoms. The third kappa shape index (κ3) is 2.92. The van der Waals surface area contributed by atoms with Crippen molar-refractivity contribution in [3.05, 3.63) is 10.7 Å². The molecule has 0 saturated heterocycles. The SMILES string of the molecule is CCNc1ncc(Br)c(NCC2(OC)CCC2)n1. The number of hydrogen-bond acceptors (Lipinski definition) is 5. The van der Waals surface area contributed by atoms with Gasteiger partial charge in [-0.05, 0) is 42.1 Å². The van der Waals surface area contributed by atoms with Gasteiger partial charge < -0.3 is 15.4 Å². The number of methoxy groups -OCH3 is 1. The van der Waals surface area contributed by atoms with Gasteiger partial charge in [0.15, 0.2) is 0 Å². The molecule has 6 heteroatoms. The van der Waals surface area contributed by atoms with Crippen molar-refractivity contribution in [1.29, 1.82) is 0 Å².